The van der Waals surface area contributed by atoms with Gasteiger partial charge in [-0.15, -0.1) is 0 Å². The van der Waals surface area contributed by atoms with E-state index in [0.717, 1.165) is 6.21 Å². The van der Waals surface area contributed by atoms with Crippen LogP contribution in [-0.2, 0) is 14.9 Å². The first kappa shape index (κ1) is 12.9. The molecule has 0 radical (unpaired) electrons. The molecule has 0 aliphatic heterocycles. The quantitative estimate of drug-likeness (QED) is 0.624. The zero-order chi connectivity index (χ0) is 13.1. The van der Waals surface area contributed by atoms with Crippen molar-refractivity contribution in [2.75, 3.05) is 7.11 Å². The van der Waals surface area contributed by atoms with Crippen molar-refractivity contribution in [1.82, 2.24) is 4.98 Å². The molecule has 0 aliphatic rings. The van der Waals surface area contributed by atoms with Gasteiger partial charge in [0, 0.05) is 6.21 Å². The smallest absolute Gasteiger partial charge is 0.322 e. The van der Waals surface area contributed by atoms with E-state index in [-0.39, 0.29) is 5.89 Å². The molecule has 0 spiro atoms. The first-order chi connectivity index (χ1) is 8.00. The number of nitrogens with one attached hydrogen (secondary N) is 1. The number of hydrogen-bond acceptors (Lipinski definition) is 6. The molecular formula is C11H13N3O3. The van der Waals surface area contributed by atoms with E-state index < -0.39 is 17.3 Å². The van der Waals surface area contributed by atoms with Gasteiger partial charge < -0.3 is 14.6 Å². The van der Waals surface area contributed by atoms with Crippen LogP contribution >= 0.6 is 0 Å². The molecule has 6 nitrogen and oxygen atoms in total. The van der Waals surface area contributed by atoms with Crippen LogP contribution in [0.15, 0.2) is 10.6 Å². The van der Waals surface area contributed by atoms with Crippen molar-refractivity contribution in [1.29, 1.82) is 10.7 Å². The number of carbonyl (C=O) groups excluding carboxylic acids is 1. The van der Waals surface area contributed by atoms with Crippen LogP contribution < -0.4 is 0 Å². The average Bonchev–Trinajstić information content (AvgIpc) is 2.76. The van der Waals surface area contributed by atoms with E-state index in [4.69, 9.17) is 15.1 Å². The molecule has 90 valence electrons. The van der Waals surface area contributed by atoms with Gasteiger partial charge >= 0.3 is 5.97 Å². The van der Waals surface area contributed by atoms with Gasteiger partial charge in [0.2, 0.25) is 5.89 Å². The zero-order valence-corrected chi connectivity index (χ0v) is 9.85. The predicted octanol–water partition coefficient (Wildman–Crippen LogP) is 1.20. The van der Waals surface area contributed by atoms with E-state index >= 15 is 0 Å². The highest BCUT2D eigenvalue weighted by molar-refractivity contribution is 5.87. The van der Waals surface area contributed by atoms with Crippen molar-refractivity contribution >= 4 is 12.2 Å². The van der Waals surface area contributed by atoms with Crippen LogP contribution in [0, 0.1) is 29.6 Å². The maximum Gasteiger partial charge on any atom is 0.322 e. The number of aryl methyl sites for hydroxylation is 1. The molecule has 1 heterocycles. The summed E-state index contributed by atoms with van der Waals surface area (Å²) in [5.41, 5.74) is -1.40. The number of ether oxygens (including phenoxy) is 1. The van der Waals surface area contributed by atoms with Gasteiger partial charge in [0.1, 0.15) is 11.7 Å². The summed E-state index contributed by atoms with van der Waals surface area (Å²) in [4.78, 5) is 15.8. The van der Waals surface area contributed by atoms with Crippen LogP contribution in [0.4, 0.5) is 0 Å². The summed E-state index contributed by atoms with van der Waals surface area (Å²) in [6.45, 7) is 3.16. The minimum Gasteiger partial charge on any atom is -0.468 e. The van der Waals surface area contributed by atoms with Crippen molar-refractivity contribution in [3.63, 3.8) is 0 Å². The second-order valence-corrected chi connectivity index (χ2v) is 3.74. The van der Waals surface area contributed by atoms with E-state index in [1.165, 1.54) is 20.2 Å². The molecule has 1 N–H and O–H groups in total. The minimum absolute atomic E-state index is 0.0805. The van der Waals surface area contributed by atoms with Gasteiger partial charge in [-0.3, -0.25) is 4.79 Å². The number of aromatic nitrogens is 1. The van der Waals surface area contributed by atoms with Gasteiger partial charge in [-0.1, -0.05) is 0 Å². The van der Waals surface area contributed by atoms with Crippen molar-refractivity contribution in [3.05, 3.63) is 17.8 Å². The fourth-order valence-corrected chi connectivity index (χ4v) is 1.49. The summed E-state index contributed by atoms with van der Waals surface area (Å²) in [6, 6.07) is 1.87. The van der Waals surface area contributed by atoms with Crippen LogP contribution in [0.1, 0.15) is 18.6 Å². The Balaban J connectivity index is 3.34. The van der Waals surface area contributed by atoms with Gasteiger partial charge in [-0.05, 0) is 13.8 Å². The number of rotatable bonds is 4. The number of hydrogen-bond donors (Lipinski definition) is 1. The number of methoxy groups -OCH3 is 1. The van der Waals surface area contributed by atoms with E-state index in [2.05, 4.69) is 9.72 Å². The first-order valence-electron chi connectivity index (χ1n) is 4.92. The van der Waals surface area contributed by atoms with E-state index in [9.17, 15) is 4.79 Å². The molecule has 0 bridgehead atoms. The molecule has 1 aromatic rings. The molecule has 2 unspecified atom stereocenters. The Morgan fingerprint density at radius 2 is 2.47 bits per heavy atom. The molecule has 0 amide bonds. The fourth-order valence-electron chi connectivity index (χ4n) is 1.49. The lowest BCUT2D eigenvalue weighted by atomic mass is 9.78. The lowest BCUT2D eigenvalue weighted by Crippen LogP contribution is -2.41. The Morgan fingerprint density at radius 3 is 2.82 bits per heavy atom. The van der Waals surface area contributed by atoms with Gasteiger partial charge in [-0.25, -0.2) is 4.98 Å². The Morgan fingerprint density at radius 1 is 1.82 bits per heavy atom. The third kappa shape index (κ3) is 2.04. The summed E-state index contributed by atoms with van der Waals surface area (Å²) >= 11 is 0. The van der Waals surface area contributed by atoms with Crippen molar-refractivity contribution < 1.29 is 13.9 Å². The molecule has 2 atom stereocenters. The van der Waals surface area contributed by atoms with Crippen molar-refractivity contribution in [2.45, 2.75) is 19.3 Å². The Hall–Kier alpha value is -2.16. The monoisotopic (exact) mass is 235 g/mol. The van der Waals surface area contributed by atoms with Crippen LogP contribution in [0.3, 0.4) is 0 Å². The molecule has 17 heavy (non-hydrogen) atoms. The van der Waals surface area contributed by atoms with Gasteiger partial charge in [0.15, 0.2) is 5.41 Å². The zero-order valence-electron chi connectivity index (χ0n) is 9.85. The SMILES string of the molecule is COC(=O)C(C)(c1ncc(C)o1)C(C#N)C=N. The fraction of sp³-hybridized carbons (Fsp3) is 0.455. The van der Waals surface area contributed by atoms with Crippen LogP contribution in [-0.4, -0.2) is 24.3 Å². The van der Waals surface area contributed by atoms with Gasteiger partial charge in [-0.2, -0.15) is 5.26 Å². The second-order valence-electron chi connectivity index (χ2n) is 3.74. The highest BCUT2D eigenvalue weighted by Crippen LogP contribution is 2.32. The maximum absolute atomic E-state index is 11.8. The molecule has 0 aromatic carbocycles. The Labute approximate surface area is 98.7 Å². The number of nitriles is 1. The van der Waals surface area contributed by atoms with E-state index in [0.29, 0.717) is 5.76 Å². The third-order valence-electron chi connectivity index (χ3n) is 2.60. The molecular weight excluding hydrogens is 222 g/mol. The topological polar surface area (TPSA) is 100.0 Å². The number of oxazole rings is 1. The van der Waals surface area contributed by atoms with E-state index in [1.54, 1.807) is 6.92 Å². The highest BCUT2D eigenvalue weighted by Gasteiger charge is 2.48. The molecule has 0 aliphatic carbocycles. The summed E-state index contributed by atoms with van der Waals surface area (Å²) in [7, 11) is 1.22. The molecule has 0 saturated carbocycles. The normalized spacial score (nSPS) is 15.4. The summed E-state index contributed by atoms with van der Waals surface area (Å²) in [6.07, 6.45) is 2.34. The third-order valence-corrected chi connectivity index (χ3v) is 2.60. The Bertz CT molecular complexity index is 475. The van der Waals surface area contributed by atoms with Gasteiger partial charge in [0.25, 0.3) is 0 Å². The number of esters is 1. The second kappa shape index (κ2) is 4.78. The van der Waals surface area contributed by atoms with Crippen LogP contribution in [0.2, 0.25) is 0 Å². The lowest BCUT2D eigenvalue weighted by Gasteiger charge is -2.25. The molecule has 0 saturated heterocycles. The van der Waals surface area contributed by atoms with Crippen LogP contribution in [0.5, 0.6) is 0 Å². The van der Waals surface area contributed by atoms with Crippen molar-refractivity contribution in [3.8, 4) is 6.07 Å². The minimum atomic E-state index is -1.40. The standard InChI is InChI=1S/C11H13N3O3/c1-7-6-14-9(17-7)11(2,10(15)16-3)8(4-12)5-13/h4,6,8,12H,1-3H3. The Kier molecular flexibility index (Phi) is 3.63. The molecule has 1 rings (SSSR count). The van der Waals surface area contributed by atoms with Crippen molar-refractivity contribution in [2.24, 2.45) is 5.92 Å². The predicted molar refractivity (Wildman–Crippen MR) is 58.5 cm³/mol. The summed E-state index contributed by atoms with van der Waals surface area (Å²) in [5, 5.41) is 16.2. The number of nitrogens with zero attached hydrogens (tertiary/aromatic N) is 2. The molecule has 6 heteroatoms. The summed E-state index contributed by atoms with van der Waals surface area (Å²) < 4.78 is 9.96. The lowest BCUT2D eigenvalue weighted by molar-refractivity contribution is -0.148. The van der Waals surface area contributed by atoms with E-state index in [1.807, 2.05) is 6.07 Å². The summed E-state index contributed by atoms with van der Waals surface area (Å²) in [5.74, 6) is -1.05. The average molecular weight is 235 g/mol. The highest BCUT2D eigenvalue weighted by atomic mass is 16.5. The van der Waals surface area contributed by atoms with Gasteiger partial charge in [0.05, 0.1) is 19.4 Å². The molecule has 1 aromatic heterocycles. The molecule has 0 fully saturated rings. The largest absolute Gasteiger partial charge is 0.468 e. The number of carbonyl (C=O) groups is 1. The maximum atomic E-state index is 11.8. The van der Waals surface area contributed by atoms with Crippen LogP contribution in [0.25, 0.3) is 0 Å². The first-order valence-corrected chi connectivity index (χ1v) is 4.92.